The molecule has 1 aliphatic heterocycles. The number of nitrogens with zero attached hydrogens (tertiary/aromatic N) is 2. The summed E-state index contributed by atoms with van der Waals surface area (Å²) in [6.07, 6.45) is 1.59. The lowest BCUT2D eigenvalue weighted by molar-refractivity contribution is -0.133. The van der Waals surface area contributed by atoms with Crippen molar-refractivity contribution in [2.24, 2.45) is 0 Å². The predicted octanol–water partition coefficient (Wildman–Crippen LogP) is 2.75. The number of rotatable bonds is 6. The molecule has 0 aliphatic carbocycles. The van der Waals surface area contributed by atoms with E-state index in [1.165, 1.54) is 12.1 Å². The molecule has 0 aromatic heterocycles. The van der Waals surface area contributed by atoms with E-state index < -0.39 is 0 Å². The van der Waals surface area contributed by atoms with Crippen LogP contribution in [-0.2, 0) is 11.3 Å². The number of para-hydroxylation sites is 1. The molecular formula is C21H23FN2O3. The third kappa shape index (κ3) is 5.37. The fourth-order valence-corrected chi connectivity index (χ4v) is 3.17. The Labute approximate surface area is 158 Å². The number of hydrogen-bond donors (Lipinski definition) is 0. The maximum Gasteiger partial charge on any atom is 0.260 e. The summed E-state index contributed by atoms with van der Waals surface area (Å²) in [5.41, 5.74) is 1.50. The van der Waals surface area contributed by atoms with E-state index >= 15 is 0 Å². The molecule has 0 spiro atoms. The number of aldehydes is 1. The zero-order valence-corrected chi connectivity index (χ0v) is 15.1. The maximum absolute atomic E-state index is 13.0. The number of hydrogen-bond acceptors (Lipinski definition) is 4. The van der Waals surface area contributed by atoms with Gasteiger partial charge in [-0.1, -0.05) is 24.3 Å². The molecule has 1 amide bonds. The molecule has 3 rings (SSSR count). The molecule has 2 aromatic carbocycles. The molecule has 5 nitrogen and oxygen atoms in total. The Kier molecular flexibility index (Phi) is 6.54. The lowest BCUT2D eigenvalue weighted by Crippen LogP contribution is -2.38. The van der Waals surface area contributed by atoms with Gasteiger partial charge in [0.1, 0.15) is 11.6 Å². The van der Waals surface area contributed by atoms with Crippen LogP contribution in [0.5, 0.6) is 5.75 Å². The number of benzene rings is 2. The van der Waals surface area contributed by atoms with E-state index in [0.29, 0.717) is 24.4 Å². The van der Waals surface area contributed by atoms with Gasteiger partial charge in [-0.3, -0.25) is 14.5 Å². The van der Waals surface area contributed by atoms with Crippen molar-refractivity contribution >= 4 is 12.2 Å². The Hall–Kier alpha value is -2.73. The Bertz CT molecular complexity index is 779. The molecule has 0 atom stereocenters. The van der Waals surface area contributed by atoms with Crippen LogP contribution in [0.4, 0.5) is 4.39 Å². The highest BCUT2D eigenvalue weighted by Gasteiger charge is 2.20. The van der Waals surface area contributed by atoms with Crippen molar-refractivity contribution in [2.45, 2.75) is 13.0 Å². The van der Waals surface area contributed by atoms with Gasteiger partial charge in [0, 0.05) is 32.7 Å². The van der Waals surface area contributed by atoms with Gasteiger partial charge in [-0.25, -0.2) is 4.39 Å². The monoisotopic (exact) mass is 370 g/mol. The van der Waals surface area contributed by atoms with Crippen molar-refractivity contribution in [3.8, 4) is 5.75 Å². The maximum atomic E-state index is 13.0. The molecule has 2 aromatic rings. The van der Waals surface area contributed by atoms with E-state index in [1.807, 2.05) is 0 Å². The molecule has 0 saturated carbocycles. The molecule has 1 heterocycles. The van der Waals surface area contributed by atoms with Crippen LogP contribution in [0.25, 0.3) is 0 Å². The predicted molar refractivity (Wildman–Crippen MR) is 100 cm³/mol. The molecule has 6 heteroatoms. The van der Waals surface area contributed by atoms with Crippen molar-refractivity contribution < 1.29 is 18.7 Å². The molecular weight excluding hydrogens is 347 g/mol. The highest BCUT2D eigenvalue weighted by molar-refractivity contribution is 5.80. The lowest BCUT2D eigenvalue weighted by atomic mass is 10.2. The minimum Gasteiger partial charge on any atom is -0.483 e. The first-order valence-electron chi connectivity index (χ1n) is 9.07. The summed E-state index contributed by atoms with van der Waals surface area (Å²) < 4.78 is 18.6. The topological polar surface area (TPSA) is 49.9 Å². The fraction of sp³-hybridized carbons (Fsp3) is 0.333. The van der Waals surface area contributed by atoms with E-state index in [-0.39, 0.29) is 18.3 Å². The van der Waals surface area contributed by atoms with E-state index in [1.54, 1.807) is 41.3 Å². The summed E-state index contributed by atoms with van der Waals surface area (Å²) in [5, 5.41) is 0. The van der Waals surface area contributed by atoms with Crippen LogP contribution in [0, 0.1) is 5.82 Å². The summed E-state index contributed by atoms with van der Waals surface area (Å²) in [5.74, 6) is 0.107. The zero-order valence-electron chi connectivity index (χ0n) is 15.1. The average molecular weight is 370 g/mol. The zero-order chi connectivity index (χ0) is 19.1. The Morgan fingerprint density at radius 1 is 1.04 bits per heavy atom. The summed E-state index contributed by atoms with van der Waals surface area (Å²) >= 11 is 0. The molecule has 0 bridgehead atoms. The SMILES string of the molecule is O=Cc1ccccc1OCC(=O)N1CCCN(Cc2ccc(F)cc2)CC1. The number of amides is 1. The first-order chi connectivity index (χ1) is 13.2. The molecule has 1 aliphatic rings. The number of carbonyl (C=O) groups excluding carboxylic acids is 2. The van der Waals surface area contributed by atoms with Gasteiger partial charge in [-0.2, -0.15) is 0 Å². The van der Waals surface area contributed by atoms with Crippen LogP contribution >= 0.6 is 0 Å². The van der Waals surface area contributed by atoms with Gasteiger partial charge in [0.15, 0.2) is 12.9 Å². The second-order valence-electron chi connectivity index (χ2n) is 6.58. The van der Waals surface area contributed by atoms with E-state index in [4.69, 9.17) is 4.74 Å². The minimum atomic E-state index is -0.234. The molecule has 27 heavy (non-hydrogen) atoms. The van der Waals surface area contributed by atoms with E-state index in [0.717, 1.165) is 37.9 Å². The van der Waals surface area contributed by atoms with Crippen LogP contribution < -0.4 is 4.74 Å². The van der Waals surface area contributed by atoms with Gasteiger partial charge in [0.05, 0.1) is 5.56 Å². The normalized spacial score (nSPS) is 15.2. The smallest absolute Gasteiger partial charge is 0.260 e. The third-order valence-corrected chi connectivity index (χ3v) is 4.66. The van der Waals surface area contributed by atoms with Crippen LogP contribution in [0.3, 0.4) is 0 Å². The second kappa shape index (κ2) is 9.28. The minimum absolute atomic E-state index is 0.0805. The van der Waals surface area contributed by atoms with Crippen LogP contribution in [0.15, 0.2) is 48.5 Å². The first kappa shape index (κ1) is 19.0. The molecule has 0 N–H and O–H groups in total. The quantitative estimate of drug-likeness (QED) is 0.734. The van der Waals surface area contributed by atoms with E-state index in [9.17, 15) is 14.0 Å². The van der Waals surface area contributed by atoms with Crippen molar-refractivity contribution in [3.63, 3.8) is 0 Å². The van der Waals surface area contributed by atoms with Crippen molar-refractivity contribution in [3.05, 3.63) is 65.5 Å². The highest BCUT2D eigenvalue weighted by atomic mass is 19.1. The summed E-state index contributed by atoms with van der Waals surface area (Å²) in [4.78, 5) is 27.6. The van der Waals surface area contributed by atoms with Crippen LogP contribution in [-0.4, -0.2) is 54.8 Å². The molecule has 0 radical (unpaired) electrons. The summed E-state index contributed by atoms with van der Waals surface area (Å²) in [6, 6.07) is 13.4. The molecule has 1 saturated heterocycles. The van der Waals surface area contributed by atoms with Crippen molar-refractivity contribution in [1.29, 1.82) is 0 Å². The van der Waals surface area contributed by atoms with Gasteiger partial charge in [-0.05, 0) is 36.2 Å². The van der Waals surface area contributed by atoms with E-state index in [2.05, 4.69) is 4.90 Å². The van der Waals surface area contributed by atoms with Gasteiger partial charge < -0.3 is 9.64 Å². The number of carbonyl (C=O) groups is 2. The highest BCUT2D eigenvalue weighted by Crippen LogP contribution is 2.16. The largest absolute Gasteiger partial charge is 0.483 e. The van der Waals surface area contributed by atoms with Crippen molar-refractivity contribution in [1.82, 2.24) is 9.80 Å². The van der Waals surface area contributed by atoms with Crippen molar-refractivity contribution in [2.75, 3.05) is 32.8 Å². The van der Waals surface area contributed by atoms with Gasteiger partial charge in [0.25, 0.3) is 5.91 Å². The standard InChI is InChI=1S/C21H23FN2O3/c22-19-8-6-17(7-9-19)14-23-10-3-11-24(13-12-23)21(26)16-27-20-5-2-1-4-18(20)15-25/h1-2,4-9,15H,3,10-14,16H2. The van der Waals surface area contributed by atoms with Crippen LogP contribution in [0.1, 0.15) is 22.3 Å². The van der Waals surface area contributed by atoms with Gasteiger partial charge >= 0.3 is 0 Å². The summed E-state index contributed by atoms with van der Waals surface area (Å²) in [7, 11) is 0. The Morgan fingerprint density at radius 2 is 1.81 bits per heavy atom. The van der Waals surface area contributed by atoms with Gasteiger partial charge in [-0.15, -0.1) is 0 Å². The Morgan fingerprint density at radius 3 is 2.59 bits per heavy atom. The number of halogens is 1. The summed E-state index contributed by atoms with van der Waals surface area (Å²) in [6.45, 7) is 3.61. The average Bonchev–Trinajstić information content (AvgIpc) is 2.94. The Balaban J connectivity index is 1.50. The van der Waals surface area contributed by atoms with Crippen LogP contribution in [0.2, 0.25) is 0 Å². The molecule has 0 unspecified atom stereocenters. The fourth-order valence-electron chi connectivity index (χ4n) is 3.17. The third-order valence-electron chi connectivity index (χ3n) is 4.66. The lowest BCUT2D eigenvalue weighted by Gasteiger charge is -2.22. The molecule has 1 fully saturated rings. The first-order valence-corrected chi connectivity index (χ1v) is 9.07. The molecule has 142 valence electrons. The van der Waals surface area contributed by atoms with Gasteiger partial charge in [0.2, 0.25) is 0 Å². The number of ether oxygens (including phenoxy) is 1. The second-order valence-corrected chi connectivity index (χ2v) is 6.58.